The second-order valence-corrected chi connectivity index (χ2v) is 5.24. The van der Waals surface area contributed by atoms with Crippen LogP contribution < -0.4 is 19.5 Å². The lowest BCUT2D eigenvalue weighted by Crippen LogP contribution is -2.30. The molecule has 6 heteroatoms. The van der Waals surface area contributed by atoms with Crippen LogP contribution in [0, 0.1) is 0 Å². The van der Waals surface area contributed by atoms with Gasteiger partial charge in [-0.3, -0.25) is 4.79 Å². The molecule has 0 aliphatic heterocycles. The number of amides is 1. The summed E-state index contributed by atoms with van der Waals surface area (Å²) < 4.78 is 16.0. The van der Waals surface area contributed by atoms with Gasteiger partial charge in [0.2, 0.25) is 0 Å². The maximum Gasteiger partial charge on any atom is 0.265 e. The van der Waals surface area contributed by atoms with Gasteiger partial charge in [0.05, 0.1) is 14.2 Å². The molecule has 2 aromatic rings. The van der Waals surface area contributed by atoms with E-state index in [1.807, 2.05) is 0 Å². The second kappa shape index (κ2) is 7.74. The van der Waals surface area contributed by atoms with Crippen LogP contribution in [-0.2, 0) is 4.79 Å². The summed E-state index contributed by atoms with van der Waals surface area (Å²) in [6, 6.07) is 12.0. The van der Waals surface area contributed by atoms with Gasteiger partial charge in [0.15, 0.2) is 6.10 Å². The molecule has 1 atom stereocenters. The molecule has 0 aromatic heterocycles. The minimum absolute atomic E-state index is 0.283. The third kappa shape index (κ3) is 4.79. The predicted octanol–water partition coefficient (Wildman–Crippen LogP) is 3.76. The van der Waals surface area contributed by atoms with Crippen LogP contribution in [0.25, 0.3) is 0 Å². The van der Waals surface area contributed by atoms with Gasteiger partial charge in [-0.05, 0) is 25.1 Å². The highest BCUT2D eigenvalue weighted by molar-refractivity contribution is 6.30. The van der Waals surface area contributed by atoms with E-state index in [1.165, 1.54) is 0 Å². The maximum atomic E-state index is 12.2. The normalized spacial score (nSPS) is 11.5. The van der Waals surface area contributed by atoms with Crippen molar-refractivity contribution in [2.75, 3.05) is 19.5 Å². The van der Waals surface area contributed by atoms with Crippen LogP contribution in [0.2, 0.25) is 5.02 Å². The molecule has 23 heavy (non-hydrogen) atoms. The van der Waals surface area contributed by atoms with Crippen LogP contribution in [0.3, 0.4) is 0 Å². The molecule has 5 nitrogen and oxygen atoms in total. The largest absolute Gasteiger partial charge is 0.496 e. The van der Waals surface area contributed by atoms with E-state index in [9.17, 15) is 4.79 Å². The fourth-order valence-corrected chi connectivity index (χ4v) is 2.11. The minimum atomic E-state index is -0.703. The quantitative estimate of drug-likeness (QED) is 0.873. The lowest BCUT2D eigenvalue weighted by atomic mass is 10.2. The lowest BCUT2D eigenvalue weighted by molar-refractivity contribution is -0.122. The number of anilines is 1. The van der Waals surface area contributed by atoms with Crippen molar-refractivity contribution in [1.29, 1.82) is 0 Å². The number of halogens is 1. The molecule has 0 spiro atoms. The van der Waals surface area contributed by atoms with Crippen LogP contribution in [0.5, 0.6) is 17.2 Å². The summed E-state index contributed by atoms with van der Waals surface area (Å²) in [5.41, 5.74) is 0.612. The number of methoxy groups -OCH3 is 2. The molecule has 0 heterocycles. The molecule has 2 aromatic carbocycles. The zero-order valence-electron chi connectivity index (χ0n) is 13.1. The number of hydrogen-bond acceptors (Lipinski definition) is 4. The zero-order valence-corrected chi connectivity index (χ0v) is 13.9. The van der Waals surface area contributed by atoms with Gasteiger partial charge in [-0.25, -0.2) is 0 Å². The second-order valence-electron chi connectivity index (χ2n) is 4.81. The highest BCUT2D eigenvalue weighted by Crippen LogP contribution is 2.28. The molecule has 0 unspecified atom stereocenters. The Hall–Kier alpha value is -2.40. The van der Waals surface area contributed by atoms with Gasteiger partial charge in [0, 0.05) is 28.9 Å². The van der Waals surface area contributed by atoms with E-state index in [4.69, 9.17) is 25.8 Å². The molecule has 1 N–H and O–H groups in total. The Bertz CT molecular complexity index is 668. The van der Waals surface area contributed by atoms with Gasteiger partial charge in [-0.1, -0.05) is 17.7 Å². The summed E-state index contributed by atoms with van der Waals surface area (Å²) in [6.45, 7) is 1.66. The van der Waals surface area contributed by atoms with Gasteiger partial charge >= 0.3 is 0 Å². The molecule has 0 aliphatic rings. The SMILES string of the molecule is COc1cc(OC)cc(O[C@H](C)C(=O)Nc2cccc(Cl)c2)c1. The molecule has 0 saturated heterocycles. The van der Waals surface area contributed by atoms with Crippen LogP contribution >= 0.6 is 11.6 Å². The van der Waals surface area contributed by atoms with Crippen molar-refractivity contribution in [2.24, 2.45) is 0 Å². The van der Waals surface area contributed by atoms with Crippen LogP contribution in [0.15, 0.2) is 42.5 Å². The first-order chi connectivity index (χ1) is 11.0. The van der Waals surface area contributed by atoms with E-state index in [2.05, 4.69) is 5.32 Å². The minimum Gasteiger partial charge on any atom is -0.496 e. The summed E-state index contributed by atoms with van der Waals surface area (Å²) in [6.07, 6.45) is -0.703. The van der Waals surface area contributed by atoms with E-state index in [0.717, 1.165) is 0 Å². The molecule has 0 fully saturated rings. The molecule has 0 aliphatic carbocycles. The van der Waals surface area contributed by atoms with E-state index >= 15 is 0 Å². The van der Waals surface area contributed by atoms with E-state index in [-0.39, 0.29) is 5.91 Å². The Morgan fingerprint density at radius 3 is 2.22 bits per heavy atom. The molecular formula is C17H18ClNO4. The first-order valence-electron chi connectivity index (χ1n) is 6.98. The van der Waals surface area contributed by atoms with E-state index < -0.39 is 6.10 Å². The van der Waals surface area contributed by atoms with Crippen LogP contribution in [0.4, 0.5) is 5.69 Å². The molecule has 0 saturated carbocycles. The maximum absolute atomic E-state index is 12.2. The lowest BCUT2D eigenvalue weighted by Gasteiger charge is -2.16. The van der Waals surface area contributed by atoms with E-state index in [0.29, 0.717) is 28.0 Å². The highest BCUT2D eigenvalue weighted by atomic mass is 35.5. The number of benzene rings is 2. The summed E-state index contributed by atoms with van der Waals surface area (Å²) in [7, 11) is 3.10. The van der Waals surface area contributed by atoms with Crippen LogP contribution in [0.1, 0.15) is 6.92 Å². The van der Waals surface area contributed by atoms with Gasteiger partial charge in [-0.15, -0.1) is 0 Å². The monoisotopic (exact) mass is 335 g/mol. The van der Waals surface area contributed by atoms with Crippen molar-refractivity contribution in [3.63, 3.8) is 0 Å². The van der Waals surface area contributed by atoms with Crippen molar-refractivity contribution in [1.82, 2.24) is 0 Å². The number of hydrogen-bond donors (Lipinski definition) is 1. The zero-order chi connectivity index (χ0) is 16.8. The summed E-state index contributed by atoms with van der Waals surface area (Å²) in [5.74, 6) is 1.37. The Labute approximate surface area is 140 Å². The fourth-order valence-electron chi connectivity index (χ4n) is 1.92. The Morgan fingerprint density at radius 1 is 1.04 bits per heavy atom. The first kappa shape index (κ1) is 17.0. The van der Waals surface area contributed by atoms with Gasteiger partial charge in [-0.2, -0.15) is 0 Å². The van der Waals surface area contributed by atoms with Gasteiger partial charge < -0.3 is 19.5 Å². The number of nitrogens with one attached hydrogen (secondary N) is 1. The van der Waals surface area contributed by atoms with Crippen molar-refractivity contribution >= 4 is 23.2 Å². The Kier molecular flexibility index (Phi) is 5.71. The predicted molar refractivity (Wildman–Crippen MR) is 89.7 cm³/mol. The van der Waals surface area contributed by atoms with Crippen molar-refractivity contribution in [3.05, 3.63) is 47.5 Å². The third-order valence-corrected chi connectivity index (χ3v) is 3.33. The van der Waals surface area contributed by atoms with Crippen molar-refractivity contribution in [3.8, 4) is 17.2 Å². The average molecular weight is 336 g/mol. The Balaban J connectivity index is 2.06. The van der Waals surface area contributed by atoms with Crippen molar-refractivity contribution < 1.29 is 19.0 Å². The molecule has 122 valence electrons. The molecule has 0 bridgehead atoms. The standard InChI is InChI=1S/C17H18ClNO4/c1-11(17(20)19-13-6-4-5-12(18)7-13)23-16-9-14(21-2)8-15(10-16)22-3/h4-11H,1-3H3,(H,19,20)/t11-/m1/s1. The topological polar surface area (TPSA) is 56.8 Å². The van der Waals surface area contributed by atoms with Crippen LogP contribution in [-0.4, -0.2) is 26.2 Å². The summed E-state index contributed by atoms with van der Waals surface area (Å²) >= 11 is 5.89. The fraction of sp³-hybridized carbons (Fsp3) is 0.235. The summed E-state index contributed by atoms with van der Waals surface area (Å²) in [4.78, 5) is 12.2. The number of rotatable bonds is 6. The third-order valence-electron chi connectivity index (χ3n) is 3.10. The number of ether oxygens (including phenoxy) is 3. The molecular weight excluding hydrogens is 318 g/mol. The first-order valence-corrected chi connectivity index (χ1v) is 7.36. The van der Waals surface area contributed by atoms with Crippen molar-refractivity contribution in [2.45, 2.75) is 13.0 Å². The summed E-state index contributed by atoms with van der Waals surface area (Å²) in [5, 5.41) is 3.30. The molecule has 0 radical (unpaired) electrons. The highest BCUT2D eigenvalue weighted by Gasteiger charge is 2.16. The smallest absolute Gasteiger partial charge is 0.265 e. The number of carbonyl (C=O) groups is 1. The van der Waals surface area contributed by atoms with Gasteiger partial charge in [0.1, 0.15) is 17.2 Å². The molecule has 2 rings (SSSR count). The van der Waals surface area contributed by atoms with E-state index in [1.54, 1.807) is 63.6 Å². The molecule has 1 amide bonds. The average Bonchev–Trinajstić information content (AvgIpc) is 2.54. The van der Waals surface area contributed by atoms with Gasteiger partial charge in [0.25, 0.3) is 5.91 Å². The number of carbonyl (C=O) groups excluding carboxylic acids is 1. The Morgan fingerprint density at radius 2 is 1.65 bits per heavy atom.